The molecule has 0 saturated carbocycles. The predicted molar refractivity (Wildman–Crippen MR) is 160 cm³/mol. The van der Waals surface area contributed by atoms with Crippen molar-refractivity contribution >= 4 is 51.4 Å². The van der Waals surface area contributed by atoms with Crippen molar-refractivity contribution in [1.82, 2.24) is 14.5 Å². The third-order valence-corrected chi connectivity index (χ3v) is 8.46. The molecule has 0 atom stereocenters. The number of piperazine rings is 1. The Kier molecular flexibility index (Phi) is 7.59. The van der Waals surface area contributed by atoms with E-state index in [0.717, 1.165) is 37.1 Å². The van der Waals surface area contributed by atoms with E-state index in [1.165, 1.54) is 23.6 Å². The summed E-state index contributed by atoms with van der Waals surface area (Å²) < 4.78 is 17.2. The molecule has 2 aromatic heterocycles. The molecule has 11 heteroatoms. The van der Waals surface area contributed by atoms with Crippen LogP contribution in [0.15, 0.2) is 59.7 Å². The van der Waals surface area contributed by atoms with Crippen LogP contribution < -0.4 is 15.2 Å². The molecule has 8 nitrogen and oxygen atoms in total. The van der Waals surface area contributed by atoms with Crippen LogP contribution in [0, 0.1) is 5.82 Å². The first kappa shape index (κ1) is 27.5. The molecule has 0 radical (unpaired) electrons. The summed E-state index contributed by atoms with van der Waals surface area (Å²) in [5.41, 5.74) is 1.60. The van der Waals surface area contributed by atoms with Crippen LogP contribution in [0.4, 0.5) is 15.8 Å². The Bertz CT molecular complexity index is 1660. The summed E-state index contributed by atoms with van der Waals surface area (Å²) in [6.45, 7) is 5.04. The SMILES string of the molecule is O=C(O)c1cn(-c2ccc(CN3CCCC3)nc2)c2c(Cl)c(N3CCN(c4ccc(Cl)cc4)CC3)c(F)cc2c1=O. The number of hydrogen-bond donors (Lipinski definition) is 1. The summed E-state index contributed by atoms with van der Waals surface area (Å²) in [5, 5.41) is 10.4. The average molecular weight is 596 g/mol. The van der Waals surface area contributed by atoms with Gasteiger partial charge in [-0.05, 0) is 68.4 Å². The predicted octanol–water partition coefficient (Wildman–Crippen LogP) is 5.45. The summed E-state index contributed by atoms with van der Waals surface area (Å²) >= 11 is 12.9. The van der Waals surface area contributed by atoms with Gasteiger partial charge in [-0.2, -0.15) is 0 Å². The van der Waals surface area contributed by atoms with Gasteiger partial charge in [0.25, 0.3) is 0 Å². The number of anilines is 2. The first-order chi connectivity index (χ1) is 19.8. The summed E-state index contributed by atoms with van der Waals surface area (Å²) in [7, 11) is 0. The molecule has 2 aliphatic rings. The van der Waals surface area contributed by atoms with Crippen LogP contribution in [0.25, 0.3) is 16.6 Å². The molecule has 0 bridgehead atoms. The van der Waals surface area contributed by atoms with E-state index in [9.17, 15) is 14.7 Å². The molecule has 0 unspecified atom stereocenters. The largest absolute Gasteiger partial charge is 0.477 e. The van der Waals surface area contributed by atoms with Crippen LogP contribution in [0.2, 0.25) is 10.0 Å². The highest BCUT2D eigenvalue weighted by Gasteiger charge is 2.27. The lowest BCUT2D eigenvalue weighted by atomic mass is 10.1. The molecule has 41 heavy (non-hydrogen) atoms. The number of nitrogens with zero attached hydrogens (tertiary/aromatic N) is 5. The number of carbonyl (C=O) groups is 1. The average Bonchev–Trinajstić information content (AvgIpc) is 3.48. The van der Waals surface area contributed by atoms with Crippen molar-refractivity contribution in [2.24, 2.45) is 0 Å². The number of carboxylic acids is 1. The molecule has 2 aromatic carbocycles. The van der Waals surface area contributed by atoms with E-state index in [-0.39, 0.29) is 21.6 Å². The van der Waals surface area contributed by atoms with Gasteiger partial charge in [0.2, 0.25) is 5.43 Å². The van der Waals surface area contributed by atoms with Crippen LogP contribution in [0.1, 0.15) is 28.9 Å². The van der Waals surface area contributed by atoms with E-state index < -0.39 is 22.8 Å². The summed E-state index contributed by atoms with van der Waals surface area (Å²) in [5.74, 6) is -2.07. The number of likely N-dealkylation sites (tertiary alicyclic amines) is 1. The van der Waals surface area contributed by atoms with Crippen LogP contribution in [-0.2, 0) is 6.54 Å². The Hall–Kier alpha value is -3.66. The number of pyridine rings is 2. The van der Waals surface area contributed by atoms with E-state index >= 15 is 4.39 Å². The van der Waals surface area contributed by atoms with Gasteiger partial charge in [-0.1, -0.05) is 23.2 Å². The van der Waals surface area contributed by atoms with E-state index in [1.807, 2.05) is 41.3 Å². The minimum atomic E-state index is -1.40. The van der Waals surface area contributed by atoms with Gasteiger partial charge in [-0.25, -0.2) is 9.18 Å². The van der Waals surface area contributed by atoms with E-state index in [2.05, 4.69) is 14.8 Å². The van der Waals surface area contributed by atoms with Crippen molar-refractivity contribution in [3.05, 3.63) is 92.2 Å². The molecule has 212 valence electrons. The second kappa shape index (κ2) is 11.3. The van der Waals surface area contributed by atoms with Crippen LogP contribution in [0.5, 0.6) is 0 Å². The zero-order chi connectivity index (χ0) is 28.7. The monoisotopic (exact) mass is 595 g/mol. The van der Waals surface area contributed by atoms with E-state index in [0.29, 0.717) is 36.9 Å². The standard InChI is InChI=1S/C30H28Cl2FN5O3/c31-19-3-6-21(7-4-19)36-11-13-37(14-12-36)28-25(33)15-23-27(26(28)32)38(18-24(29(23)39)30(40)41)22-8-5-20(34-16-22)17-35-9-1-2-10-35/h3-8,15-16,18H,1-2,9-14,17H2,(H,40,41). The van der Waals surface area contributed by atoms with Gasteiger partial charge >= 0.3 is 5.97 Å². The fourth-order valence-corrected chi connectivity index (χ4v) is 6.24. The molecule has 6 rings (SSSR count). The highest BCUT2D eigenvalue weighted by Crippen LogP contribution is 2.37. The van der Waals surface area contributed by atoms with Crippen molar-refractivity contribution in [2.45, 2.75) is 19.4 Å². The van der Waals surface area contributed by atoms with Crippen molar-refractivity contribution in [1.29, 1.82) is 0 Å². The molecular weight excluding hydrogens is 568 g/mol. The number of aromatic carboxylic acids is 1. The van der Waals surface area contributed by atoms with Crippen molar-refractivity contribution in [2.75, 3.05) is 49.1 Å². The maximum Gasteiger partial charge on any atom is 0.341 e. The number of hydrogen-bond acceptors (Lipinski definition) is 6. The van der Waals surface area contributed by atoms with Crippen molar-refractivity contribution in [3.63, 3.8) is 0 Å². The molecule has 0 spiro atoms. The summed E-state index contributed by atoms with van der Waals surface area (Å²) in [6, 6.07) is 12.4. The smallest absolute Gasteiger partial charge is 0.341 e. The Labute approximate surface area is 246 Å². The molecule has 1 N–H and O–H groups in total. The Morgan fingerprint density at radius 1 is 0.927 bits per heavy atom. The van der Waals surface area contributed by atoms with E-state index in [4.69, 9.17) is 23.2 Å². The highest BCUT2D eigenvalue weighted by atomic mass is 35.5. The normalized spacial score (nSPS) is 16.1. The third kappa shape index (κ3) is 5.37. The van der Waals surface area contributed by atoms with Crippen molar-refractivity contribution < 1.29 is 14.3 Å². The van der Waals surface area contributed by atoms with Gasteiger partial charge < -0.3 is 19.5 Å². The maximum atomic E-state index is 15.7. The first-order valence-corrected chi connectivity index (χ1v) is 14.3. The van der Waals surface area contributed by atoms with Crippen molar-refractivity contribution in [3.8, 4) is 5.69 Å². The maximum absolute atomic E-state index is 15.7. The lowest BCUT2D eigenvalue weighted by molar-refractivity contribution is 0.0695. The zero-order valence-electron chi connectivity index (χ0n) is 22.2. The molecule has 2 fully saturated rings. The lowest BCUT2D eigenvalue weighted by Gasteiger charge is -2.38. The van der Waals surface area contributed by atoms with Gasteiger partial charge in [0.15, 0.2) is 0 Å². The topological polar surface area (TPSA) is 81.9 Å². The minimum Gasteiger partial charge on any atom is -0.477 e. The highest BCUT2D eigenvalue weighted by molar-refractivity contribution is 6.38. The number of carboxylic acid groups (broad SMARTS) is 1. The zero-order valence-corrected chi connectivity index (χ0v) is 23.7. The summed E-state index contributed by atoms with van der Waals surface area (Å²) in [4.78, 5) is 36.1. The minimum absolute atomic E-state index is 0.0510. The first-order valence-electron chi connectivity index (χ1n) is 13.5. The van der Waals surface area contributed by atoms with Gasteiger partial charge in [0, 0.05) is 49.6 Å². The molecule has 2 aliphatic heterocycles. The summed E-state index contributed by atoms with van der Waals surface area (Å²) in [6.07, 6.45) is 5.22. The lowest BCUT2D eigenvalue weighted by Crippen LogP contribution is -2.47. The van der Waals surface area contributed by atoms with Gasteiger partial charge in [-0.15, -0.1) is 0 Å². The fourth-order valence-electron chi connectivity index (χ4n) is 5.71. The molecule has 0 amide bonds. The number of benzene rings is 2. The molecule has 4 heterocycles. The number of halogens is 3. The number of aromatic nitrogens is 2. The Balaban J connectivity index is 1.38. The molecule has 2 saturated heterocycles. The fraction of sp³-hybridized carbons (Fsp3) is 0.300. The molecule has 4 aromatic rings. The Morgan fingerprint density at radius 3 is 2.22 bits per heavy atom. The van der Waals surface area contributed by atoms with Crippen LogP contribution >= 0.6 is 23.2 Å². The van der Waals surface area contributed by atoms with Gasteiger partial charge in [0.05, 0.1) is 39.2 Å². The Morgan fingerprint density at radius 2 is 1.59 bits per heavy atom. The third-order valence-electron chi connectivity index (χ3n) is 7.85. The number of fused-ring (bicyclic) bond motifs is 1. The second-order valence-corrected chi connectivity index (χ2v) is 11.2. The van der Waals surface area contributed by atoms with Gasteiger partial charge in [0.1, 0.15) is 11.4 Å². The molecule has 0 aliphatic carbocycles. The quantitative estimate of drug-likeness (QED) is 0.317. The van der Waals surface area contributed by atoms with Crippen LogP contribution in [0.3, 0.4) is 0 Å². The van der Waals surface area contributed by atoms with Crippen LogP contribution in [-0.4, -0.2) is 64.8 Å². The molecular formula is C30H28Cl2FN5O3. The second-order valence-electron chi connectivity index (χ2n) is 10.4. The van der Waals surface area contributed by atoms with E-state index in [1.54, 1.807) is 6.20 Å². The van der Waals surface area contributed by atoms with Gasteiger partial charge in [-0.3, -0.25) is 14.7 Å². The number of rotatable bonds is 6.